The molecule has 0 unspecified atom stereocenters. The number of rotatable bonds is 2. The SMILES string of the molecule is Cc1cccc(-c2csc(=N)n2-c2ccc(Cl)c(Cl)c2)c1. The molecule has 106 valence electrons. The summed E-state index contributed by atoms with van der Waals surface area (Å²) in [5, 5.41) is 11.1. The lowest BCUT2D eigenvalue weighted by atomic mass is 10.1. The van der Waals surface area contributed by atoms with E-state index in [4.69, 9.17) is 28.6 Å². The fourth-order valence-electron chi connectivity index (χ4n) is 2.21. The van der Waals surface area contributed by atoms with Gasteiger partial charge in [0, 0.05) is 5.38 Å². The largest absolute Gasteiger partial charge is 0.285 e. The lowest BCUT2D eigenvalue weighted by Gasteiger charge is -2.10. The van der Waals surface area contributed by atoms with Gasteiger partial charge in [0.15, 0.2) is 4.80 Å². The van der Waals surface area contributed by atoms with Gasteiger partial charge >= 0.3 is 0 Å². The second-order valence-electron chi connectivity index (χ2n) is 4.73. The number of thiazole rings is 1. The third kappa shape index (κ3) is 2.77. The highest BCUT2D eigenvalue weighted by atomic mass is 35.5. The highest BCUT2D eigenvalue weighted by molar-refractivity contribution is 7.07. The number of aryl methyl sites for hydroxylation is 1. The summed E-state index contributed by atoms with van der Waals surface area (Å²) in [5.74, 6) is 0. The van der Waals surface area contributed by atoms with Gasteiger partial charge in [-0.25, -0.2) is 0 Å². The lowest BCUT2D eigenvalue weighted by Crippen LogP contribution is -2.12. The Morgan fingerprint density at radius 3 is 2.57 bits per heavy atom. The second-order valence-corrected chi connectivity index (χ2v) is 6.40. The van der Waals surface area contributed by atoms with Crippen molar-refractivity contribution in [2.45, 2.75) is 6.92 Å². The molecule has 0 bridgehead atoms. The van der Waals surface area contributed by atoms with Gasteiger partial charge in [-0.15, -0.1) is 11.3 Å². The zero-order valence-electron chi connectivity index (χ0n) is 11.2. The van der Waals surface area contributed by atoms with E-state index in [1.54, 1.807) is 12.1 Å². The van der Waals surface area contributed by atoms with Crippen LogP contribution in [-0.4, -0.2) is 4.57 Å². The first kappa shape index (κ1) is 14.4. The van der Waals surface area contributed by atoms with Crippen molar-refractivity contribution in [3.05, 3.63) is 68.3 Å². The molecule has 0 fully saturated rings. The Balaban J connectivity index is 2.22. The molecule has 0 spiro atoms. The molecule has 5 heteroatoms. The van der Waals surface area contributed by atoms with Gasteiger partial charge in [-0.05, 0) is 36.8 Å². The van der Waals surface area contributed by atoms with Crippen LogP contribution in [0.25, 0.3) is 16.9 Å². The van der Waals surface area contributed by atoms with E-state index >= 15 is 0 Å². The number of nitrogens with zero attached hydrogens (tertiary/aromatic N) is 1. The predicted octanol–water partition coefficient (Wildman–Crippen LogP) is 5.30. The molecule has 3 rings (SSSR count). The average Bonchev–Trinajstić information content (AvgIpc) is 2.84. The lowest BCUT2D eigenvalue weighted by molar-refractivity contribution is 0.987. The van der Waals surface area contributed by atoms with Crippen molar-refractivity contribution in [2.24, 2.45) is 0 Å². The Hall–Kier alpha value is -1.55. The van der Waals surface area contributed by atoms with E-state index in [2.05, 4.69) is 19.1 Å². The van der Waals surface area contributed by atoms with Crippen molar-refractivity contribution in [1.82, 2.24) is 4.57 Å². The number of nitrogens with one attached hydrogen (secondary N) is 1. The van der Waals surface area contributed by atoms with Crippen LogP contribution in [0.3, 0.4) is 0 Å². The number of aromatic nitrogens is 1. The van der Waals surface area contributed by atoms with E-state index in [1.165, 1.54) is 16.9 Å². The highest BCUT2D eigenvalue weighted by Crippen LogP contribution is 2.28. The molecule has 21 heavy (non-hydrogen) atoms. The summed E-state index contributed by atoms with van der Waals surface area (Å²) in [4.78, 5) is 0.449. The molecule has 1 aromatic heterocycles. The molecule has 1 N–H and O–H groups in total. The molecule has 0 aliphatic carbocycles. The van der Waals surface area contributed by atoms with Gasteiger partial charge in [0.1, 0.15) is 0 Å². The van der Waals surface area contributed by atoms with Gasteiger partial charge in [0.05, 0.1) is 21.4 Å². The minimum atomic E-state index is 0.449. The maximum atomic E-state index is 8.16. The average molecular weight is 335 g/mol. The van der Waals surface area contributed by atoms with Crippen LogP contribution in [0.2, 0.25) is 10.0 Å². The van der Waals surface area contributed by atoms with E-state index in [0.717, 1.165) is 16.9 Å². The van der Waals surface area contributed by atoms with Crippen LogP contribution in [0, 0.1) is 12.3 Å². The van der Waals surface area contributed by atoms with Crippen molar-refractivity contribution in [3.63, 3.8) is 0 Å². The van der Waals surface area contributed by atoms with Crippen molar-refractivity contribution in [2.75, 3.05) is 0 Å². The molecule has 0 aliphatic heterocycles. The van der Waals surface area contributed by atoms with Crippen LogP contribution in [0.5, 0.6) is 0 Å². The molecule has 0 amide bonds. The standard InChI is InChI=1S/C16H12Cl2N2S/c1-10-3-2-4-11(7-10)15-9-21-16(19)20(15)12-5-6-13(17)14(18)8-12/h2-9,19H,1H3. The minimum absolute atomic E-state index is 0.449. The van der Waals surface area contributed by atoms with Crippen molar-refractivity contribution >= 4 is 34.5 Å². The van der Waals surface area contributed by atoms with Gasteiger partial charge < -0.3 is 0 Å². The van der Waals surface area contributed by atoms with Crippen molar-refractivity contribution in [3.8, 4) is 16.9 Å². The zero-order valence-corrected chi connectivity index (χ0v) is 13.6. The number of hydrogen-bond donors (Lipinski definition) is 1. The van der Waals surface area contributed by atoms with Crippen LogP contribution in [0.1, 0.15) is 5.56 Å². The Bertz CT molecular complexity index is 865. The third-order valence-corrected chi connectivity index (χ3v) is 4.69. The molecular weight excluding hydrogens is 323 g/mol. The molecule has 2 nitrogen and oxygen atoms in total. The van der Waals surface area contributed by atoms with Crippen molar-refractivity contribution < 1.29 is 0 Å². The van der Waals surface area contributed by atoms with E-state index in [9.17, 15) is 0 Å². The summed E-state index contributed by atoms with van der Waals surface area (Å²) in [5.41, 5.74) is 4.08. The summed E-state index contributed by atoms with van der Waals surface area (Å²) < 4.78 is 1.88. The zero-order chi connectivity index (χ0) is 15.0. The summed E-state index contributed by atoms with van der Waals surface area (Å²) in [6, 6.07) is 13.6. The van der Waals surface area contributed by atoms with Crippen LogP contribution >= 0.6 is 34.5 Å². The van der Waals surface area contributed by atoms with Gasteiger partial charge in [0.2, 0.25) is 0 Å². The smallest absolute Gasteiger partial charge is 0.187 e. The topological polar surface area (TPSA) is 28.8 Å². The van der Waals surface area contributed by atoms with Gasteiger partial charge in [-0.1, -0.05) is 47.0 Å². The van der Waals surface area contributed by atoms with E-state index in [0.29, 0.717) is 14.8 Å². The molecule has 2 aromatic carbocycles. The Kier molecular flexibility index (Phi) is 3.89. The first-order valence-corrected chi connectivity index (χ1v) is 7.97. The Labute approximate surface area is 136 Å². The molecule has 1 heterocycles. The van der Waals surface area contributed by atoms with Gasteiger partial charge in [-0.2, -0.15) is 0 Å². The maximum absolute atomic E-state index is 8.16. The quantitative estimate of drug-likeness (QED) is 0.658. The van der Waals surface area contributed by atoms with E-state index < -0.39 is 0 Å². The highest BCUT2D eigenvalue weighted by Gasteiger charge is 2.10. The first-order valence-electron chi connectivity index (χ1n) is 6.34. The molecule has 0 atom stereocenters. The third-order valence-electron chi connectivity index (χ3n) is 3.20. The van der Waals surface area contributed by atoms with Crippen LogP contribution < -0.4 is 4.80 Å². The maximum Gasteiger partial charge on any atom is 0.187 e. The Morgan fingerprint density at radius 2 is 1.86 bits per heavy atom. The summed E-state index contributed by atoms with van der Waals surface area (Å²) >= 11 is 13.5. The monoisotopic (exact) mass is 334 g/mol. The molecule has 0 saturated heterocycles. The second kappa shape index (κ2) is 5.68. The first-order chi connectivity index (χ1) is 10.1. The van der Waals surface area contributed by atoms with Gasteiger partial charge in [0.25, 0.3) is 0 Å². The number of halogens is 2. The van der Waals surface area contributed by atoms with Crippen LogP contribution in [0.15, 0.2) is 47.8 Å². The predicted molar refractivity (Wildman–Crippen MR) is 89.7 cm³/mol. The van der Waals surface area contributed by atoms with E-state index in [-0.39, 0.29) is 0 Å². The summed E-state index contributed by atoms with van der Waals surface area (Å²) in [6.07, 6.45) is 0. The molecule has 0 aliphatic rings. The number of benzene rings is 2. The fraction of sp³-hybridized carbons (Fsp3) is 0.0625. The van der Waals surface area contributed by atoms with E-state index in [1.807, 2.05) is 28.1 Å². The van der Waals surface area contributed by atoms with Crippen LogP contribution in [0.4, 0.5) is 0 Å². The molecule has 0 radical (unpaired) electrons. The fourth-order valence-corrected chi connectivity index (χ4v) is 3.27. The Morgan fingerprint density at radius 1 is 1.05 bits per heavy atom. The molecular formula is C16H12Cl2N2S. The van der Waals surface area contributed by atoms with Crippen molar-refractivity contribution in [1.29, 1.82) is 5.41 Å². The minimum Gasteiger partial charge on any atom is -0.285 e. The normalized spacial score (nSPS) is 10.8. The molecule has 0 saturated carbocycles. The molecule has 3 aromatic rings. The summed E-state index contributed by atoms with van der Waals surface area (Å²) in [7, 11) is 0. The number of hydrogen-bond acceptors (Lipinski definition) is 2. The van der Waals surface area contributed by atoms with Crippen LogP contribution in [-0.2, 0) is 0 Å². The summed E-state index contributed by atoms with van der Waals surface area (Å²) in [6.45, 7) is 2.06. The van der Waals surface area contributed by atoms with Gasteiger partial charge in [-0.3, -0.25) is 9.98 Å².